The molecular formula is C13H17N3O5S. The molecule has 2 aliphatic rings. The van der Waals surface area contributed by atoms with Gasteiger partial charge < -0.3 is 10.0 Å². The van der Waals surface area contributed by atoms with Crippen molar-refractivity contribution in [1.82, 2.24) is 0 Å². The lowest BCUT2D eigenvalue weighted by Gasteiger charge is -2.38. The maximum absolute atomic E-state index is 11.4. The van der Waals surface area contributed by atoms with Gasteiger partial charge in [0.2, 0.25) is 10.0 Å². The lowest BCUT2D eigenvalue weighted by atomic mass is 9.98. The number of anilines is 1. The Hall–Kier alpha value is -1.71. The minimum Gasteiger partial charge on any atom is -0.393 e. The van der Waals surface area contributed by atoms with Gasteiger partial charge in [0, 0.05) is 18.2 Å². The van der Waals surface area contributed by atoms with Crippen molar-refractivity contribution in [2.45, 2.75) is 48.8 Å². The largest absolute Gasteiger partial charge is 0.393 e. The zero-order valence-corrected chi connectivity index (χ0v) is 12.6. The molecule has 2 unspecified atom stereocenters. The van der Waals surface area contributed by atoms with Crippen LogP contribution in [-0.2, 0) is 10.0 Å². The number of benzene rings is 1. The third kappa shape index (κ3) is 2.55. The second-order valence-electron chi connectivity index (χ2n) is 5.87. The van der Waals surface area contributed by atoms with Gasteiger partial charge in [0.15, 0.2) is 0 Å². The van der Waals surface area contributed by atoms with Crippen LogP contribution in [0.1, 0.15) is 25.7 Å². The number of primary sulfonamides is 1. The molecule has 2 atom stereocenters. The van der Waals surface area contributed by atoms with E-state index in [1.807, 2.05) is 4.90 Å². The van der Waals surface area contributed by atoms with Crippen LogP contribution in [0.4, 0.5) is 11.4 Å². The van der Waals surface area contributed by atoms with Gasteiger partial charge in [-0.1, -0.05) is 0 Å². The number of aliphatic hydroxyl groups is 1. The maximum Gasteiger partial charge on any atom is 0.293 e. The average molecular weight is 327 g/mol. The van der Waals surface area contributed by atoms with Gasteiger partial charge in [0.05, 0.1) is 15.9 Å². The monoisotopic (exact) mass is 327 g/mol. The number of hydrogen-bond acceptors (Lipinski definition) is 6. The van der Waals surface area contributed by atoms with E-state index in [-0.39, 0.29) is 28.8 Å². The van der Waals surface area contributed by atoms with Gasteiger partial charge in [-0.05, 0) is 37.8 Å². The minimum absolute atomic E-state index is 0.0489. The Morgan fingerprint density at radius 3 is 2.36 bits per heavy atom. The predicted molar refractivity (Wildman–Crippen MR) is 79.0 cm³/mol. The van der Waals surface area contributed by atoms with Gasteiger partial charge in [-0.3, -0.25) is 10.1 Å². The molecule has 0 saturated carbocycles. The fourth-order valence-electron chi connectivity index (χ4n) is 3.59. The van der Waals surface area contributed by atoms with Crippen molar-refractivity contribution >= 4 is 21.4 Å². The molecule has 0 aromatic heterocycles. The van der Waals surface area contributed by atoms with Crippen molar-refractivity contribution in [2.24, 2.45) is 5.14 Å². The van der Waals surface area contributed by atoms with Crippen molar-refractivity contribution in [3.63, 3.8) is 0 Å². The number of hydrogen-bond donors (Lipinski definition) is 2. The van der Waals surface area contributed by atoms with E-state index in [1.54, 1.807) is 0 Å². The molecule has 2 heterocycles. The Bertz CT molecular complexity index is 706. The van der Waals surface area contributed by atoms with E-state index in [2.05, 4.69) is 0 Å². The molecule has 2 fully saturated rings. The van der Waals surface area contributed by atoms with Crippen LogP contribution in [0.3, 0.4) is 0 Å². The molecule has 3 rings (SSSR count). The van der Waals surface area contributed by atoms with Crippen LogP contribution in [0.25, 0.3) is 0 Å². The van der Waals surface area contributed by atoms with E-state index >= 15 is 0 Å². The van der Waals surface area contributed by atoms with Crippen molar-refractivity contribution < 1.29 is 18.4 Å². The highest BCUT2D eigenvalue weighted by Crippen LogP contribution is 2.43. The number of fused-ring (bicyclic) bond motifs is 2. The third-order valence-corrected chi connectivity index (χ3v) is 5.37. The van der Waals surface area contributed by atoms with Gasteiger partial charge in [-0.25, -0.2) is 13.6 Å². The Labute approximate surface area is 127 Å². The second kappa shape index (κ2) is 5.18. The van der Waals surface area contributed by atoms with Gasteiger partial charge in [0.25, 0.3) is 5.69 Å². The van der Waals surface area contributed by atoms with Crippen molar-refractivity contribution in [3.8, 4) is 0 Å². The van der Waals surface area contributed by atoms with Crippen molar-refractivity contribution in [1.29, 1.82) is 0 Å². The third-order valence-electron chi connectivity index (χ3n) is 4.46. The molecule has 1 aromatic carbocycles. The van der Waals surface area contributed by atoms with Crippen LogP contribution in [0.2, 0.25) is 0 Å². The molecule has 2 bridgehead atoms. The minimum atomic E-state index is -3.99. The first-order chi connectivity index (χ1) is 10.3. The van der Waals surface area contributed by atoms with Gasteiger partial charge in [0.1, 0.15) is 5.69 Å². The summed E-state index contributed by atoms with van der Waals surface area (Å²) in [6.45, 7) is 0. The van der Waals surface area contributed by atoms with Crippen LogP contribution in [0, 0.1) is 10.1 Å². The van der Waals surface area contributed by atoms with E-state index in [0.29, 0.717) is 18.5 Å². The van der Waals surface area contributed by atoms with Crippen LogP contribution in [0.15, 0.2) is 23.1 Å². The maximum atomic E-state index is 11.4. The summed E-state index contributed by atoms with van der Waals surface area (Å²) in [4.78, 5) is 12.4. The molecule has 1 aromatic rings. The average Bonchev–Trinajstić information content (AvgIpc) is 2.69. The van der Waals surface area contributed by atoms with E-state index in [0.717, 1.165) is 18.9 Å². The molecule has 0 aliphatic carbocycles. The highest BCUT2D eigenvalue weighted by Gasteiger charge is 2.42. The normalized spacial score (nSPS) is 27.9. The molecule has 9 heteroatoms. The van der Waals surface area contributed by atoms with Crippen LogP contribution in [-0.4, -0.2) is 36.6 Å². The summed E-state index contributed by atoms with van der Waals surface area (Å²) in [7, 11) is -3.99. The smallest absolute Gasteiger partial charge is 0.293 e. The second-order valence-corrected chi connectivity index (χ2v) is 7.43. The van der Waals surface area contributed by atoms with Crippen LogP contribution >= 0.6 is 0 Å². The molecule has 120 valence electrons. The van der Waals surface area contributed by atoms with Crippen molar-refractivity contribution in [2.75, 3.05) is 4.90 Å². The Balaban J connectivity index is 2.06. The summed E-state index contributed by atoms with van der Waals surface area (Å²) in [5.74, 6) is 0. The zero-order chi connectivity index (χ0) is 16.1. The van der Waals surface area contributed by atoms with Gasteiger partial charge in [-0.2, -0.15) is 0 Å². The SMILES string of the molecule is NS(=O)(=O)c1ccc(N2C3CCC2CC(O)C3)c([N+](=O)[O-])c1. The van der Waals surface area contributed by atoms with Crippen LogP contribution < -0.4 is 10.0 Å². The Kier molecular flexibility index (Phi) is 3.58. The number of nitro benzene ring substituents is 1. The fraction of sp³-hybridized carbons (Fsp3) is 0.538. The molecule has 3 N–H and O–H groups in total. The highest BCUT2D eigenvalue weighted by molar-refractivity contribution is 7.89. The van der Waals surface area contributed by atoms with E-state index in [1.165, 1.54) is 12.1 Å². The first kappa shape index (κ1) is 15.2. The Morgan fingerprint density at radius 1 is 1.27 bits per heavy atom. The van der Waals surface area contributed by atoms with Gasteiger partial charge in [-0.15, -0.1) is 0 Å². The van der Waals surface area contributed by atoms with Crippen LogP contribution in [0.5, 0.6) is 0 Å². The molecular weight excluding hydrogens is 310 g/mol. The molecule has 2 saturated heterocycles. The summed E-state index contributed by atoms with van der Waals surface area (Å²) >= 11 is 0. The molecule has 2 aliphatic heterocycles. The number of aliphatic hydroxyl groups excluding tert-OH is 1. The summed E-state index contributed by atoms with van der Waals surface area (Å²) < 4.78 is 22.8. The van der Waals surface area contributed by atoms with E-state index < -0.39 is 14.9 Å². The first-order valence-electron chi connectivity index (χ1n) is 7.05. The van der Waals surface area contributed by atoms with Crippen molar-refractivity contribution in [3.05, 3.63) is 28.3 Å². The quantitative estimate of drug-likeness (QED) is 0.622. The van der Waals surface area contributed by atoms with E-state index in [4.69, 9.17) is 5.14 Å². The summed E-state index contributed by atoms with van der Waals surface area (Å²) in [5.41, 5.74) is 0.136. The first-order valence-corrected chi connectivity index (χ1v) is 8.59. The lowest BCUT2D eigenvalue weighted by Crippen LogP contribution is -2.45. The number of piperidine rings is 1. The molecule has 0 spiro atoms. The lowest BCUT2D eigenvalue weighted by molar-refractivity contribution is -0.384. The topological polar surface area (TPSA) is 127 Å². The number of nitro groups is 1. The number of rotatable bonds is 3. The summed E-state index contributed by atoms with van der Waals surface area (Å²) in [6, 6.07) is 3.85. The Morgan fingerprint density at radius 2 is 1.86 bits per heavy atom. The fourth-order valence-corrected chi connectivity index (χ4v) is 4.12. The highest BCUT2D eigenvalue weighted by atomic mass is 32.2. The molecule has 0 radical (unpaired) electrons. The predicted octanol–water partition coefficient (Wildman–Crippen LogP) is 0.734. The number of nitrogens with two attached hydrogens (primary N) is 1. The number of sulfonamides is 1. The summed E-state index contributed by atoms with van der Waals surface area (Å²) in [5, 5.41) is 26.2. The van der Waals surface area contributed by atoms with Gasteiger partial charge >= 0.3 is 0 Å². The molecule has 0 amide bonds. The summed E-state index contributed by atoms with van der Waals surface area (Å²) in [6.07, 6.45) is 2.51. The van der Waals surface area contributed by atoms with E-state index in [9.17, 15) is 23.6 Å². The molecule has 8 nitrogen and oxygen atoms in total. The number of nitrogens with zero attached hydrogens (tertiary/aromatic N) is 2. The molecule has 22 heavy (non-hydrogen) atoms. The zero-order valence-electron chi connectivity index (χ0n) is 11.8. The standard InChI is InChI=1S/C13H17N3O5S/c14-22(20,21)11-3-4-12(13(7-11)16(18)19)15-8-1-2-9(15)6-10(17)5-8/h3-4,7-10,17H,1-2,5-6H2,(H2,14,20,21).